The van der Waals surface area contributed by atoms with Crippen LogP contribution in [0, 0.1) is 0 Å². The number of amides is 1. The Morgan fingerprint density at radius 1 is 0.875 bits per heavy atom. The number of rotatable bonds is 8. The van der Waals surface area contributed by atoms with Gasteiger partial charge in [-0.15, -0.1) is 4.40 Å². The van der Waals surface area contributed by atoms with Gasteiger partial charge in [-0.3, -0.25) is 4.79 Å². The van der Waals surface area contributed by atoms with Crippen LogP contribution in [0.5, 0.6) is 0 Å². The maximum Gasteiger partial charge on any atom is 0.283 e. The minimum Gasteiger partial charge on any atom is -0.369 e. The van der Waals surface area contributed by atoms with Gasteiger partial charge in [-0.1, -0.05) is 29.3 Å². The molecule has 3 aromatic carbocycles. The highest BCUT2D eigenvalue weighted by Gasteiger charge is 2.29. The van der Waals surface area contributed by atoms with Crippen molar-refractivity contribution in [3.8, 4) is 0 Å². The van der Waals surface area contributed by atoms with Gasteiger partial charge in [0.2, 0.25) is 10.0 Å². The van der Waals surface area contributed by atoms with Gasteiger partial charge >= 0.3 is 0 Å². The normalized spacial score (nSPS) is 14.8. The van der Waals surface area contributed by atoms with Gasteiger partial charge in [-0.25, -0.2) is 8.42 Å². The fourth-order valence-electron chi connectivity index (χ4n) is 3.99. The third-order valence-corrected chi connectivity index (χ3v) is 9.58. The number of nitrogens with zero attached hydrogens (tertiary/aromatic N) is 4. The molecule has 0 aliphatic carbocycles. The van der Waals surface area contributed by atoms with E-state index in [1.807, 2.05) is 4.90 Å². The average molecular weight is 625 g/mol. The van der Waals surface area contributed by atoms with Gasteiger partial charge in [0.15, 0.2) is 0 Å². The predicted molar refractivity (Wildman–Crippen MR) is 158 cm³/mol. The highest BCUT2D eigenvalue weighted by Crippen LogP contribution is 2.28. The van der Waals surface area contributed by atoms with E-state index in [4.69, 9.17) is 23.2 Å². The van der Waals surface area contributed by atoms with Crippen LogP contribution in [0.2, 0.25) is 10.0 Å². The molecule has 1 fully saturated rings. The Kier molecular flexibility index (Phi) is 9.06. The summed E-state index contributed by atoms with van der Waals surface area (Å²) in [5.74, 6) is -0.554. The number of sulfonamides is 2. The quantitative estimate of drug-likeness (QED) is 0.297. The molecule has 1 saturated heterocycles. The van der Waals surface area contributed by atoms with Crippen molar-refractivity contribution in [2.75, 3.05) is 50.5 Å². The van der Waals surface area contributed by atoms with Gasteiger partial charge in [0.25, 0.3) is 15.9 Å². The van der Waals surface area contributed by atoms with Crippen LogP contribution in [0.1, 0.15) is 10.4 Å². The Morgan fingerprint density at radius 3 is 2.10 bits per heavy atom. The minimum absolute atomic E-state index is 0.0941. The van der Waals surface area contributed by atoms with Crippen molar-refractivity contribution in [2.24, 2.45) is 4.40 Å². The van der Waals surface area contributed by atoms with Crippen molar-refractivity contribution < 1.29 is 21.6 Å². The lowest BCUT2D eigenvalue weighted by Gasteiger charge is -2.35. The Hall–Kier alpha value is -3.16. The number of anilines is 2. The van der Waals surface area contributed by atoms with Crippen LogP contribution in [-0.2, 0) is 20.0 Å². The summed E-state index contributed by atoms with van der Waals surface area (Å²) in [6, 6.07) is 16.5. The standard InChI is InChI=1S/C26H27Cl2N5O5S2/c1-31(2)18-29-39(35,36)25-5-3-4-19(14-25)26(34)30-22-6-8-24(9-7-22)40(37,38)33-12-10-32(11-13-33)23-16-20(27)15-21(28)17-23/h3-9,14-18H,10-13H2,1-2H3,(H,30,34). The molecule has 0 unspecified atom stereocenters. The molecule has 10 nitrogen and oxygen atoms in total. The lowest BCUT2D eigenvalue weighted by atomic mass is 10.2. The minimum atomic E-state index is -3.98. The molecule has 212 valence electrons. The molecule has 0 aromatic heterocycles. The largest absolute Gasteiger partial charge is 0.369 e. The maximum absolute atomic E-state index is 13.2. The fourth-order valence-corrected chi connectivity index (χ4v) is 6.88. The van der Waals surface area contributed by atoms with Crippen molar-refractivity contribution >= 4 is 66.9 Å². The molecule has 0 saturated carbocycles. The van der Waals surface area contributed by atoms with Gasteiger partial charge in [-0.2, -0.15) is 12.7 Å². The van der Waals surface area contributed by atoms with E-state index >= 15 is 0 Å². The first-order chi connectivity index (χ1) is 18.8. The topological polar surface area (TPSA) is 119 Å². The van der Waals surface area contributed by atoms with Crippen LogP contribution in [0.4, 0.5) is 11.4 Å². The molecule has 1 amide bonds. The van der Waals surface area contributed by atoms with Crippen LogP contribution >= 0.6 is 23.2 Å². The molecule has 4 rings (SSSR count). The highest BCUT2D eigenvalue weighted by atomic mass is 35.5. The number of benzene rings is 3. The van der Waals surface area contributed by atoms with E-state index in [1.54, 1.807) is 32.3 Å². The lowest BCUT2D eigenvalue weighted by Crippen LogP contribution is -2.48. The van der Waals surface area contributed by atoms with Gasteiger partial charge in [-0.05, 0) is 60.7 Å². The Labute approximate surface area is 243 Å². The molecule has 1 N–H and O–H groups in total. The third kappa shape index (κ3) is 7.12. The number of carbonyl (C=O) groups is 1. The van der Waals surface area contributed by atoms with E-state index in [-0.39, 0.29) is 28.4 Å². The molecule has 0 atom stereocenters. The number of halogens is 2. The molecule has 1 aliphatic rings. The van der Waals surface area contributed by atoms with E-state index < -0.39 is 26.0 Å². The Bertz CT molecular complexity index is 1620. The van der Waals surface area contributed by atoms with Gasteiger partial charge in [0, 0.05) is 67.3 Å². The van der Waals surface area contributed by atoms with E-state index in [1.165, 1.54) is 57.7 Å². The summed E-state index contributed by atoms with van der Waals surface area (Å²) < 4.78 is 56.3. The van der Waals surface area contributed by atoms with E-state index in [2.05, 4.69) is 9.71 Å². The molecule has 0 bridgehead atoms. The predicted octanol–water partition coefficient (Wildman–Crippen LogP) is 4.04. The first-order valence-corrected chi connectivity index (χ1v) is 15.7. The van der Waals surface area contributed by atoms with Crippen molar-refractivity contribution in [2.45, 2.75) is 9.79 Å². The van der Waals surface area contributed by atoms with Crippen molar-refractivity contribution in [3.63, 3.8) is 0 Å². The first-order valence-electron chi connectivity index (χ1n) is 12.0. The van der Waals surface area contributed by atoms with E-state index in [9.17, 15) is 21.6 Å². The second-order valence-corrected chi connectivity index (χ2v) is 13.6. The zero-order valence-electron chi connectivity index (χ0n) is 21.7. The highest BCUT2D eigenvalue weighted by molar-refractivity contribution is 7.90. The summed E-state index contributed by atoms with van der Waals surface area (Å²) in [7, 11) is -4.46. The third-order valence-electron chi connectivity index (χ3n) is 6.01. The number of hydrogen-bond acceptors (Lipinski definition) is 6. The summed E-state index contributed by atoms with van der Waals surface area (Å²) in [5.41, 5.74) is 1.29. The average Bonchev–Trinajstić information content (AvgIpc) is 2.92. The van der Waals surface area contributed by atoms with Crippen molar-refractivity contribution in [1.82, 2.24) is 9.21 Å². The second-order valence-electron chi connectivity index (χ2n) is 9.18. The molecule has 0 radical (unpaired) electrons. The van der Waals surface area contributed by atoms with Gasteiger partial charge < -0.3 is 15.1 Å². The lowest BCUT2D eigenvalue weighted by molar-refractivity contribution is 0.102. The van der Waals surface area contributed by atoms with Crippen LogP contribution in [-0.4, -0.2) is 78.6 Å². The van der Waals surface area contributed by atoms with Crippen LogP contribution in [0.3, 0.4) is 0 Å². The van der Waals surface area contributed by atoms with Crippen LogP contribution in [0.15, 0.2) is 80.9 Å². The Balaban J connectivity index is 1.41. The van der Waals surface area contributed by atoms with Gasteiger partial charge in [0.1, 0.15) is 6.34 Å². The number of nitrogens with one attached hydrogen (secondary N) is 1. The monoisotopic (exact) mass is 623 g/mol. The molecule has 1 heterocycles. The molecule has 0 spiro atoms. The Morgan fingerprint density at radius 2 is 1.50 bits per heavy atom. The van der Waals surface area contributed by atoms with Gasteiger partial charge in [0.05, 0.1) is 9.79 Å². The first kappa shape index (κ1) is 29.8. The van der Waals surface area contributed by atoms with E-state index in [0.717, 1.165) is 12.0 Å². The summed E-state index contributed by atoms with van der Waals surface area (Å²) in [6.45, 7) is 1.50. The SMILES string of the molecule is CN(C)C=NS(=O)(=O)c1cccc(C(=O)Nc2ccc(S(=O)(=O)N3CCN(c4cc(Cl)cc(Cl)c4)CC3)cc2)c1. The molecule has 14 heteroatoms. The zero-order chi connectivity index (χ0) is 29.1. The zero-order valence-corrected chi connectivity index (χ0v) is 24.8. The van der Waals surface area contributed by atoms with Crippen LogP contribution < -0.4 is 10.2 Å². The molecular weight excluding hydrogens is 597 g/mol. The van der Waals surface area contributed by atoms with Crippen molar-refractivity contribution in [1.29, 1.82) is 0 Å². The molecule has 3 aromatic rings. The number of carbonyl (C=O) groups excluding carboxylic acids is 1. The molecular formula is C26H27Cl2N5O5S2. The second kappa shape index (κ2) is 12.1. The van der Waals surface area contributed by atoms with Crippen LogP contribution in [0.25, 0.3) is 0 Å². The fraction of sp³-hybridized carbons (Fsp3) is 0.231. The molecule has 40 heavy (non-hydrogen) atoms. The summed E-state index contributed by atoms with van der Waals surface area (Å²) >= 11 is 12.2. The maximum atomic E-state index is 13.2. The number of piperazine rings is 1. The number of hydrogen-bond donors (Lipinski definition) is 1. The smallest absolute Gasteiger partial charge is 0.283 e. The molecule has 1 aliphatic heterocycles. The summed E-state index contributed by atoms with van der Waals surface area (Å²) in [5, 5.41) is 3.68. The van der Waals surface area contributed by atoms with Crippen molar-refractivity contribution in [3.05, 3.63) is 82.3 Å². The summed E-state index contributed by atoms with van der Waals surface area (Å²) in [6.07, 6.45) is 1.16. The van der Waals surface area contributed by atoms with E-state index in [0.29, 0.717) is 28.8 Å². The summed E-state index contributed by atoms with van der Waals surface area (Å²) in [4.78, 5) is 16.3.